The van der Waals surface area contributed by atoms with E-state index in [1.807, 2.05) is 31.2 Å². The number of nitrogens with one attached hydrogen (secondary N) is 5. The molecule has 0 fully saturated rings. The van der Waals surface area contributed by atoms with Gasteiger partial charge in [0, 0.05) is 17.9 Å². The number of rotatable bonds is 21. The smallest absolute Gasteiger partial charge is 0.239 e. The monoisotopic (exact) mass is 700 g/mol. The van der Waals surface area contributed by atoms with Crippen LogP contribution in [0.2, 0.25) is 0 Å². The van der Waals surface area contributed by atoms with Crippen molar-refractivity contribution in [3.05, 3.63) is 78.1 Å². The van der Waals surface area contributed by atoms with Crippen molar-refractivity contribution in [2.75, 3.05) is 51.6 Å². The molecule has 0 saturated carbocycles. The lowest BCUT2D eigenvalue weighted by Crippen LogP contribution is -2.41. The van der Waals surface area contributed by atoms with E-state index in [0.29, 0.717) is 55.2 Å². The highest BCUT2D eigenvalue weighted by atomic mass is 32.2. The molecule has 0 saturated heterocycles. The fourth-order valence-corrected chi connectivity index (χ4v) is 5.12. The molecule has 3 rings (SSSR count). The summed E-state index contributed by atoms with van der Waals surface area (Å²) in [6, 6.07) is 14.6. The lowest BCUT2D eigenvalue weighted by Gasteiger charge is -2.17. The van der Waals surface area contributed by atoms with Crippen LogP contribution in [0.25, 0.3) is 16.9 Å². The van der Waals surface area contributed by atoms with Crippen molar-refractivity contribution in [3.63, 3.8) is 0 Å². The Morgan fingerprint density at radius 3 is 2.25 bits per heavy atom. The molecule has 0 aliphatic rings. The number of thiol groups is 1. The Morgan fingerprint density at radius 2 is 1.60 bits per heavy atom. The van der Waals surface area contributed by atoms with E-state index in [1.165, 1.54) is 12.1 Å². The van der Waals surface area contributed by atoms with Crippen molar-refractivity contribution in [1.29, 1.82) is 0 Å². The van der Waals surface area contributed by atoms with Crippen molar-refractivity contribution in [2.45, 2.75) is 30.7 Å². The van der Waals surface area contributed by atoms with Gasteiger partial charge in [-0.15, -0.1) is 0 Å². The van der Waals surface area contributed by atoms with Gasteiger partial charge in [0.05, 0.1) is 47.4 Å². The zero-order valence-corrected chi connectivity index (χ0v) is 28.6. The van der Waals surface area contributed by atoms with Crippen molar-refractivity contribution >= 4 is 40.2 Å². The van der Waals surface area contributed by atoms with E-state index in [-0.39, 0.29) is 48.6 Å². The average molecular weight is 701 g/mol. The highest BCUT2D eigenvalue weighted by Crippen LogP contribution is 2.28. The van der Waals surface area contributed by atoms with Gasteiger partial charge < -0.3 is 31.7 Å². The third kappa shape index (κ3) is 12.2. The molecule has 16 heteroatoms. The first-order chi connectivity index (χ1) is 22.9. The van der Waals surface area contributed by atoms with E-state index in [1.54, 1.807) is 22.9 Å². The van der Waals surface area contributed by atoms with E-state index in [0.717, 1.165) is 11.1 Å². The van der Waals surface area contributed by atoms with E-state index in [9.17, 15) is 22.8 Å². The average Bonchev–Trinajstić information content (AvgIpc) is 3.51. The van der Waals surface area contributed by atoms with Gasteiger partial charge in [-0.05, 0) is 69.7 Å². The first-order valence-corrected chi connectivity index (χ1v) is 17.5. The normalized spacial score (nSPS) is 11.9. The fraction of sp³-hybridized carbons (Fsp3) is 0.375. The Kier molecular flexibility index (Phi) is 15.2. The van der Waals surface area contributed by atoms with E-state index in [4.69, 9.17) is 15.3 Å². The van der Waals surface area contributed by atoms with Crippen molar-refractivity contribution in [1.82, 2.24) is 36.4 Å². The molecule has 1 heterocycles. The molecular formula is C32H44N8O6S2. The van der Waals surface area contributed by atoms with Crippen LogP contribution in [0.5, 0.6) is 0 Å². The second-order valence-electron chi connectivity index (χ2n) is 11.0. The van der Waals surface area contributed by atoms with Gasteiger partial charge in [0.1, 0.15) is 6.04 Å². The molecule has 2 aromatic carbocycles. The third-order valence-corrected chi connectivity index (χ3v) is 8.31. The summed E-state index contributed by atoms with van der Waals surface area (Å²) in [5.74, 6) is -1.02. The van der Waals surface area contributed by atoms with Crippen molar-refractivity contribution < 1.29 is 27.9 Å². The maximum atomic E-state index is 13.7. The number of aliphatic hydroxyl groups excluding tert-OH is 1. The Labute approximate surface area is 286 Å². The first kappa shape index (κ1) is 38.4. The van der Waals surface area contributed by atoms with Gasteiger partial charge in [-0.3, -0.25) is 14.4 Å². The second-order valence-corrected chi connectivity index (χ2v) is 12.9. The summed E-state index contributed by atoms with van der Waals surface area (Å²) in [6.07, 6.45) is 1.32. The minimum atomic E-state index is -3.90. The number of nitrogens with two attached hydrogens (primary N) is 1. The predicted molar refractivity (Wildman–Crippen MR) is 187 cm³/mol. The summed E-state index contributed by atoms with van der Waals surface area (Å²) in [5, 5.41) is 33.6. The number of carbonyl (C=O) groups is 3. The number of hydrogen-bond acceptors (Lipinski definition) is 11. The summed E-state index contributed by atoms with van der Waals surface area (Å²) in [7, 11) is -3.90. The van der Waals surface area contributed by atoms with Crippen LogP contribution in [-0.2, 0) is 24.4 Å². The molecule has 48 heavy (non-hydrogen) atoms. The number of aromatic nitrogens is 2. The molecule has 0 spiro atoms. The largest absolute Gasteiger partial charge is 0.396 e. The number of primary sulfonamides is 1. The maximum absolute atomic E-state index is 13.7. The molecule has 8 N–H and O–H groups in total. The number of amides is 2. The number of ketones is 1. The van der Waals surface area contributed by atoms with Crippen LogP contribution < -0.4 is 31.7 Å². The molecule has 3 aromatic rings. The van der Waals surface area contributed by atoms with Crippen LogP contribution in [0.4, 0.5) is 0 Å². The van der Waals surface area contributed by atoms with Gasteiger partial charge in [0.2, 0.25) is 21.8 Å². The molecule has 0 bridgehead atoms. The lowest BCUT2D eigenvalue weighted by molar-refractivity contribution is -0.125. The Morgan fingerprint density at radius 1 is 0.938 bits per heavy atom. The number of aliphatic hydroxyl groups is 1. The number of carbonyl (C=O) groups excluding carboxylic acids is 3. The Bertz CT molecular complexity index is 1640. The minimum Gasteiger partial charge on any atom is -0.396 e. The highest BCUT2D eigenvalue weighted by Gasteiger charge is 2.25. The number of sulfonamides is 1. The molecule has 14 nitrogen and oxygen atoms in total. The van der Waals surface area contributed by atoms with Crippen LogP contribution in [0.1, 0.15) is 30.1 Å². The number of benzene rings is 2. The molecule has 260 valence electrons. The lowest BCUT2D eigenvalue weighted by atomic mass is 10.1. The zero-order chi connectivity index (χ0) is 35.1. The number of aryl methyl sites for hydroxylation is 1. The Hall–Kier alpha value is -4.06. The summed E-state index contributed by atoms with van der Waals surface area (Å²) in [4.78, 5) is 37.6. The fourth-order valence-electron chi connectivity index (χ4n) is 4.50. The number of Topliss-reactive ketones (excluding diaryl/α,β-unsaturated/α-hetero) is 1. The van der Waals surface area contributed by atoms with Gasteiger partial charge >= 0.3 is 0 Å². The second kappa shape index (κ2) is 19.1. The van der Waals surface area contributed by atoms with E-state index < -0.39 is 22.0 Å². The highest BCUT2D eigenvalue weighted by molar-refractivity contribution is 7.89. The summed E-state index contributed by atoms with van der Waals surface area (Å²) < 4.78 is 25.3. The molecule has 0 aliphatic carbocycles. The predicted octanol–water partition coefficient (Wildman–Crippen LogP) is 0.323. The summed E-state index contributed by atoms with van der Waals surface area (Å²) in [5.41, 5.74) is 3.91. The SMILES string of the molecule is C=C(CNC(=O)CS)NCC(=O)NCC(=O)C(NCCCNCCCO)c1cc(-c2ccc(C)cc2)n(-c2ccc(S(N)(=O)=O)cc2)n1. The van der Waals surface area contributed by atoms with Crippen LogP contribution >= 0.6 is 12.6 Å². The van der Waals surface area contributed by atoms with Crippen molar-refractivity contribution in [2.24, 2.45) is 5.14 Å². The first-order valence-electron chi connectivity index (χ1n) is 15.4. The van der Waals surface area contributed by atoms with Crippen LogP contribution in [0, 0.1) is 6.92 Å². The molecule has 0 aliphatic heterocycles. The number of hydrogen-bond donors (Lipinski definition) is 8. The molecule has 1 unspecified atom stereocenters. The minimum absolute atomic E-state index is 0.0287. The molecule has 0 radical (unpaired) electrons. The van der Waals surface area contributed by atoms with Crippen LogP contribution in [0.3, 0.4) is 0 Å². The quantitative estimate of drug-likeness (QED) is 0.0564. The van der Waals surface area contributed by atoms with Gasteiger partial charge in [-0.2, -0.15) is 17.7 Å². The third-order valence-electron chi connectivity index (χ3n) is 7.09. The molecule has 2 amide bonds. The topological polar surface area (TPSA) is 210 Å². The van der Waals surface area contributed by atoms with Gasteiger partial charge in [0.15, 0.2) is 5.78 Å². The standard InChI is InChI=1S/C32H44N8O6S2/c1-22-5-7-24(8-6-22)28-17-27(39-40(28)25-9-11-26(12-10-25)48(33,45)46)32(35-15-3-13-34-14-4-16-41)29(42)19-38-30(43)20-36-23(2)18-37-31(44)21-47/h5-12,17,32,34-36,41,47H,2-4,13-16,18-21H2,1H3,(H,37,44)(H,38,43)(H2,33,45,46). The van der Waals surface area contributed by atoms with E-state index >= 15 is 0 Å². The number of nitrogens with zero attached hydrogens (tertiary/aromatic N) is 2. The van der Waals surface area contributed by atoms with Crippen LogP contribution in [-0.4, -0.2) is 92.5 Å². The molecular weight excluding hydrogens is 657 g/mol. The van der Waals surface area contributed by atoms with Crippen molar-refractivity contribution in [3.8, 4) is 16.9 Å². The van der Waals surface area contributed by atoms with Gasteiger partial charge in [-0.25, -0.2) is 18.2 Å². The molecule has 1 atom stereocenters. The van der Waals surface area contributed by atoms with E-state index in [2.05, 4.69) is 45.8 Å². The molecule has 1 aromatic heterocycles. The maximum Gasteiger partial charge on any atom is 0.239 e. The Balaban J connectivity index is 1.84. The summed E-state index contributed by atoms with van der Waals surface area (Å²) >= 11 is 3.89. The van der Waals surface area contributed by atoms with Gasteiger partial charge in [0.25, 0.3) is 0 Å². The summed E-state index contributed by atoms with van der Waals surface area (Å²) in [6.45, 7) is 7.31. The van der Waals surface area contributed by atoms with Gasteiger partial charge in [-0.1, -0.05) is 36.4 Å². The zero-order valence-electron chi connectivity index (χ0n) is 26.9. The van der Waals surface area contributed by atoms with Crippen LogP contribution in [0.15, 0.2) is 71.8 Å².